The van der Waals surface area contributed by atoms with Crippen LogP contribution in [0.15, 0.2) is 24.5 Å². The number of fused-ring (bicyclic) bond motifs is 1. The molecule has 0 aliphatic heterocycles. The van der Waals surface area contributed by atoms with E-state index in [1.807, 2.05) is 18.3 Å². The maximum Gasteiger partial charge on any atom is 0.256 e. The Bertz CT molecular complexity index is 653. The first-order chi connectivity index (χ1) is 10.3. The molecule has 0 saturated heterocycles. The Morgan fingerprint density at radius 1 is 1.14 bits per heavy atom. The number of nitrogens with zero attached hydrogens (tertiary/aromatic N) is 2. The van der Waals surface area contributed by atoms with Crippen molar-refractivity contribution in [3.63, 3.8) is 0 Å². The zero-order valence-corrected chi connectivity index (χ0v) is 12.2. The maximum absolute atomic E-state index is 13.1. The van der Waals surface area contributed by atoms with Gasteiger partial charge in [-0.2, -0.15) is 0 Å². The highest BCUT2D eigenvalue weighted by atomic mass is 16.2. The molecular weight excluding hydrogens is 262 g/mol. The molecule has 2 saturated carbocycles. The van der Waals surface area contributed by atoms with Crippen LogP contribution in [0.2, 0.25) is 0 Å². The minimum absolute atomic E-state index is 0.198. The second-order valence-electron chi connectivity index (χ2n) is 6.34. The molecule has 0 unspecified atom stereocenters. The van der Waals surface area contributed by atoms with Crippen molar-refractivity contribution in [2.75, 3.05) is 0 Å². The zero-order chi connectivity index (χ0) is 14.2. The summed E-state index contributed by atoms with van der Waals surface area (Å²) in [6, 6.07) is 4.80. The van der Waals surface area contributed by atoms with Gasteiger partial charge in [0, 0.05) is 29.9 Å². The van der Waals surface area contributed by atoms with Crippen LogP contribution in [-0.2, 0) is 0 Å². The van der Waals surface area contributed by atoms with Crippen molar-refractivity contribution in [3.8, 4) is 0 Å². The summed E-state index contributed by atoms with van der Waals surface area (Å²) in [6.45, 7) is 0. The van der Waals surface area contributed by atoms with Gasteiger partial charge in [-0.05, 0) is 37.8 Å². The molecule has 0 radical (unpaired) electrons. The van der Waals surface area contributed by atoms with Gasteiger partial charge in [0.15, 0.2) is 0 Å². The molecular formula is C17H21N3O. The first kappa shape index (κ1) is 12.9. The average molecular weight is 283 g/mol. The van der Waals surface area contributed by atoms with Crippen LogP contribution in [-0.4, -0.2) is 32.9 Å². The van der Waals surface area contributed by atoms with Crippen molar-refractivity contribution in [1.29, 1.82) is 0 Å². The first-order valence-corrected chi connectivity index (χ1v) is 8.09. The Morgan fingerprint density at radius 2 is 1.90 bits per heavy atom. The summed E-state index contributed by atoms with van der Waals surface area (Å²) >= 11 is 0. The highest BCUT2D eigenvalue weighted by Crippen LogP contribution is 2.35. The number of aromatic amines is 1. The molecule has 1 N–H and O–H groups in total. The summed E-state index contributed by atoms with van der Waals surface area (Å²) in [5, 5.41) is 0.948. The summed E-state index contributed by atoms with van der Waals surface area (Å²) in [4.78, 5) is 22.7. The third-order valence-electron chi connectivity index (χ3n) is 4.82. The van der Waals surface area contributed by atoms with E-state index in [-0.39, 0.29) is 5.91 Å². The largest absolute Gasteiger partial charge is 0.345 e. The summed E-state index contributed by atoms with van der Waals surface area (Å²) in [6.07, 6.45) is 12.1. The number of hydrogen-bond donors (Lipinski definition) is 1. The molecule has 2 aromatic rings. The molecule has 4 heteroatoms. The van der Waals surface area contributed by atoms with Gasteiger partial charge in [0.2, 0.25) is 0 Å². The topological polar surface area (TPSA) is 49.0 Å². The molecule has 4 rings (SSSR count). The van der Waals surface area contributed by atoms with Gasteiger partial charge in [-0.1, -0.05) is 19.3 Å². The molecule has 2 aromatic heterocycles. The van der Waals surface area contributed by atoms with Crippen molar-refractivity contribution in [2.24, 2.45) is 0 Å². The van der Waals surface area contributed by atoms with Crippen LogP contribution in [0, 0.1) is 0 Å². The Morgan fingerprint density at radius 3 is 2.67 bits per heavy atom. The lowest BCUT2D eigenvalue weighted by atomic mass is 9.93. The molecule has 0 spiro atoms. The van der Waals surface area contributed by atoms with Crippen LogP contribution in [0.1, 0.15) is 55.3 Å². The van der Waals surface area contributed by atoms with E-state index in [1.54, 1.807) is 6.20 Å². The molecule has 2 aliphatic rings. The highest BCUT2D eigenvalue weighted by molar-refractivity contribution is 6.06. The number of H-pyrrole nitrogens is 1. The van der Waals surface area contributed by atoms with Crippen LogP contribution in [0.4, 0.5) is 0 Å². The lowest BCUT2D eigenvalue weighted by Crippen LogP contribution is -2.43. The maximum atomic E-state index is 13.1. The van der Waals surface area contributed by atoms with Crippen molar-refractivity contribution >= 4 is 16.9 Å². The molecule has 2 aliphatic carbocycles. The van der Waals surface area contributed by atoms with E-state index in [9.17, 15) is 4.79 Å². The predicted molar refractivity (Wildman–Crippen MR) is 82.2 cm³/mol. The number of pyridine rings is 1. The van der Waals surface area contributed by atoms with Crippen LogP contribution in [0.5, 0.6) is 0 Å². The van der Waals surface area contributed by atoms with E-state index >= 15 is 0 Å². The van der Waals surface area contributed by atoms with Gasteiger partial charge < -0.3 is 9.88 Å². The SMILES string of the molecule is O=C(c1c[nH]c2ncccc12)N(C1CCCCC1)C1CC1. The van der Waals surface area contributed by atoms with E-state index in [0.29, 0.717) is 12.1 Å². The van der Waals surface area contributed by atoms with Gasteiger partial charge >= 0.3 is 0 Å². The second-order valence-corrected chi connectivity index (χ2v) is 6.34. The number of aromatic nitrogens is 2. The van der Waals surface area contributed by atoms with Crippen molar-refractivity contribution in [3.05, 3.63) is 30.1 Å². The molecule has 0 bridgehead atoms. The van der Waals surface area contributed by atoms with E-state index in [4.69, 9.17) is 0 Å². The Balaban J connectivity index is 1.67. The number of nitrogens with one attached hydrogen (secondary N) is 1. The van der Waals surface area contributed by atoms with Gasteiger partial charge in [-0.15, -0.1) is 0 Å². The Kier molecular flexibility index (Phi) is 3.17. The van der Waals surface area contributed by atoms with E-state index in [2.05, 4.69) is 14.9 Å². The fraction of sp³-hybridized carbons (Fsp3) is 0.529. The fourth-order valence-corrected chi connectivity index (χ4v) is 3.61. The minimum atomic E-state index is 0.198. The predicted octanol–water partition coefficient (Wildman–Crippen LogP) is 3.50. The van der Waals surface area contributed by atoms with Crippen molar-refractivity contribution in [1.82, 2.24) is 14.9 Å². The van der Waals surface area contributed by atoms with E-state index in [0.717, 1.165) is 16.6 Å². The minimum Gasteiger partial charge on any atom is -0.345 e. The van der Waals surface area contributed by atoms with Gasteiger partial charge in [0.1, 0.15) is 5.65 Å². The molecule has 2 heterocycles. The number of carbonyl (C=O) groups is 1. The van der Waals surface area contributed by atoms with Crippen LogP contribution < -0.4 is 0 Å². The van der Waals surface area contributed by atoms with Gasteiger partial charge in [0.25, 0.3) is 5.91 Å². The quantitative estimate of drug-likeness (QED) is 0.937. The average Bonchev–Trinajstić information content (AvgIpc) is 3.26. The Labute approximate surface area is 124 Å². The summed E-state index contributed by atoms with van der Waals surface area (Å²) in [7, 11) is 0. The van der Waals surface area contributed by atoms with Gasteiger partial charge in [-0.25, -0.2) is 4.98 Å². The van der Waals surface area contributed by atoms with Crippen molar-refractivity contribution in [2.45, 2.75) is 57.0 Å². The van der Waals surface area contributed by atoms with Gasteiger partial charge in [-0.3, -0.25) is 4.79 Å². The van der Waals surface area contributed by atoms with E-state index < -0.39 is 0 Å². The lowest BCUT2D eigenvalue weighted by molar-refractivity contribution is 0.0616. The molecule has 1 amide bonds. The third-order valence-corrected chi connectivity index (χ3v) is 4.82. The molecule has 2 fully saturated rings. The smallest absolute Gasteiger partial charge is 0.256 e. The third kappa shape index (κ3) is 2.33. The second kappa shape index (κ2) is 5.17. The lowest BCUT2D eigenvalue weighted by Gasteiger charge is -2.34. The monoisotopic (exact) mass is 283 g/mol. The molecule has 4 nitrogen and oxygen atoms in total. The molecule has 21 heavy (non-hydrogen) atoms. The molecule has 0 atom stereocenters. The summed E-state index contributed by atoms with van der Waals surface area (Å²) in [5.41, 5.74) is 1.59. The van der Waals surface area contributed by atoms with E-state index in [1.165, 1.54) is 44.9 Å². The standard InChI is InChI=1S/C17H21N3O/c21-17(15-11-19-16-14(15)7-4-10-18-16)20(13-8-9-13)12-5-2-1-3-6-12/h4,7,10-13H,1-3,5-6,8-9H2,(H,18,19). The van der Waals surface area contributed by atoms with Crippen LogP contribution in [0.25, 0.3) is 11.0 Å². The Hall–Kier alpha value is -1.84. The zero-order valence-electron chi connectivity index (χ0n) is 12.2. The normalized spacial score (nSPS) is 19.8. The fourth-order valence-electron chi connectivity index (χ4n) is 3.61. The highest BCUT2D eigenvalue weighted by Gasteiger charge is 2.38. The van der Waals surface area contributed by atoms with Crippen LogP contribution in [0.3, 0.4) is 0 Å². The number of amides is 1. The van der Waals surface area contributed by atoms with Gasteiger partial charge in [0.05, 0.1) is 5.56 Å². The summed E-state index contributed by atoms with van der Waals surface area (Å²) < 4.78 is 0. The number of carbonyl (C=O) groups excluding carboxylic acids is 1. The summed E-state index contributed by atoms with van der Waals surface area (Å²) in [5.74, 6) is 0.198. The van der Waals surface area contributed by atoms with Crippen molar-refractivity contribution < 1.29 is 4.79 Å². The molecule has 0 aromatic carbocycles. The molecule has 110 valence electrons. The first-order valence-electron chi connectivity index (χ1n) is 8.09. The number of rotatable bonds is 3. The van der Waals surface area contributed by atoms with Crippen LogP contribution >= 0.6 is 0 Å². The number of hydrogen-bond acceptors (Lipinski definition) is 2.